The number of thioether (sulfide) groups is 1. The normalized spacial score (nSPS) is 20.9. The van der Waals surface area contributed by atoms with Crippen molar-refractivity contribution in [3.05, 3.63) is 11.9 Å². The van der Waals surface area contributed by atoms with E-state index in [4.69, 9.17) is 0 Å². The number of nitrogens with zero attached hydrogens (tertiary/aromatic N) is 3. The van der Waals surface area contributed by atoms with E-state index in [1.807, 2.05) is 0 Å². The Bertz CT molecular complexity index is 358. The van der Waals surface area contributed by atoms with Crippen molar-refractivity contribution in [1.29, 1.82) is 0 Å². The van der Waals surface area contributed by atoms with Crippen LogP contribution in [0.1, 0.15) is 43.1 Å². The zero-order chi connectivity index (χ0) is 11.4. The number of carbonyl (C=O) groups is 1. The number of aromatic nitrogens is 3. The lowest BCUT2D eigenvalue weighted by atomic mass is 10.1. The standard InChI is InChI=1S/C11H17N3OS/c1-2-6-14-9(8-12-13-14)11(15)10-5-3-4-7-16-10/h8,10H,2-7H2,1H3. The van der Waals surface area contributed by atoms with E-state index >= 15 is 0 Å². The van der Waals surface area contributed by atoms with Crippen molar-refractivity contribution in [3.8, 4) is 0 Å². The zero-order valence-electron chi connectivity index (χ0n) is 9.56. The van der Waals surface area contributed by atoms with Gasteiger partial charge in [0.15, 0.2) is 5.78 Å². The summed E-state index contributed by atoms with van der Waals surface area (Å²) in [5.74, 6) is 1.31. The molecule has 0 saturated carbocycles. The number of aryl methyl sites for hydroxylation is 1. The number of carbonyl (C=O) groups excluding carboxylic acids is 1. The highest BCUT2D eigenvalue weighted by molar-refractivity contribution is 8.00. The van der Waals surface area contributed by atoms with Gasteiger partial charge in [-0.15, -0.1) is 5.10 Å². The molecular formula is C11H17N3OS. The predicted molar refractivity (Wildman–Crippen MR) is 64.7 cm³/mol. The molecule has 0 N–H and O–H groups in total. The molecule has 0 aromatic carbocycles. The van der Waals surface area contributed by atoms with Gasteiger partial charge in [0.1, 0.15) is 5.69 Å². The van der Waals surface area contributed by atoms with Crippen molar-refractivity contribution >= 4 is 17.5 Å². The number of hydrogen-bond donors (Lipinski definition) is 0. The van der Waals surface area contributed by atoms with Gasteiger partial charge in [-0.05, 0) is 25.0 Å². The first-order chi connectivity index (χ1) is 7.83. The highest BCUT2D eigenvalue weighted by atomic mass is 32.2. The van der Waals surface area contributed by atoms with Crippen LogP contribution in [0, 0.1) is 0 Å². The van der Waals surface area contributed by atoms with Crippen LogP contribution in [0.25, 0.3) is 0 Å². The van der Waals surface area contributed by atoms with Crippen molar-refractivity contribution in [2.24, 2.45) is 0 Å². The van der Waals surface area contributed by atoms with E-state index in [9.17, 15) is 4.79 Å². The first-order valence-electron chi connectivity index (χ1n) is 5.87. The van der Waals surface area contributed by atoms with Gasteiger partial charge in [0, 0.05) is 6.54 Å². The van der Waals surface area contributed by atoms with Crippen molar-refractivity contribution in [2.75, 3.05) is 5.75 Å². The molecule has 0 amide bonds. The van der Waals surface area contributed by atoms with Gasteiger partial charge in [-0.25, -0.2) is 4.68 Å². The van der Waals surface area contributed by atoms with E-state index in [1.165, 1.54) is 12.8 Å². The number of ketones is 1. The minimum atomic E-state index is 0.128. The molecule has 16 heavy (non-hydrogen) atoms. The fraction of sp³-hybridized carbons (Fsp3) is 0.727. The van der Waals surface area contributed by atoms with Gasteiger partial charge >= 0.3 is 0 Å². The number of hydrogen-bond acceptors (Lipinski definition) is 4. The maximum absolute atomic E-state index is 12.2. The molecule has 1 aromatic rings. The summed E-state index contributed by atoms with van der Waals surface area (Å²) in [5.41, 5.74) is 0.682. The van der Waals surface area contributed by atoms with Crippen LogP contribution in [0.4, 0.5) is 0 Å². The van der Waals surface area contributed by atoms with Gasteiger partial charge in [0.2, 0.25) is 0 Å². The van der Waals surface area contributed by atoms with Crippen LogP contribution >= 0.6 is 11.8 Å². The lowest BCUT2D eigenvalue weighted by Crippen LogP contribution is -2.24. The van der Waals surface area contributed by atoms with E-state index < -0.39 is 0 Å². The summed E-state index contributed by atoms with van der Waals surface area (Å²) in [7, 11) is 0. The van der Waals surface area contributed by atoms with Gasteiger partial charge in [-0.1, -0.05) is 18.6 Å². The molecule has 2 heterocycles. The Morgan fingerprint density at radius 2 is 2.50 bits per heavy atom. The van der Waals surface area contributed by atoms with E-state index in [0.29, 0.717) is 5.69 Å². The summed E-state index contributed by atoms with van der Waals surface area (Å²) in [4.78, 5) is 12.2. The second-order valence-corrected chi connectivity index (χ2v) is 5.37. The van der Waals surface area contributed by atoms with Gasteiger partial charge in [-0.2, -0.15) is 11.8 Å². The Balaban J connectivity index is 2.09. The van der Waals surface area contributed by atoms with Crippen LogP contribution in [-0.4, -0.2) is 31.8 Å². The summed E-state index contributed by atoms with van der Waals surface area (Å²) >= 11 is 1.78. The number of Topliss-reactive ketones (excluding diaryl/α,β-unsaturated/α-hetero) is 1. The summed E-state index contributed by atoms with van der Waals surface area (Å²) < 4.78 is 1.73. The molecule has 4 nitrogen and oxygen atoms in total. The highest BCUT2D eigenvalue weighted by Gasteiger charge is 2.25. The lowest BCUT2D eigenvalue weighted by Gasteiger charge is -2.19. The molecule has 1 aliphatic heterocycles. The third kappa shape index (κ3) is 2.45. The van der Waals surface area contributed by atoms with Gasteiger partial charge in [0.05, 0.1) is 11.4 Å². The lowest BCUT2D eigenvalue weighted by molar-refractivity contribution is 0.0974. The summed E-state index contributed by atoms with van der Waals surface area (Å²) in [6.07, 6.45) is 5.98. The Labute approximate surface area is 99.8 Å². The molecule has 1 fully saturated rings. The van der Waals surface area contributed by atoms with Crippen LogP contribution in [0.15, 0.2) is 6.20 Å². The van der Waals surface area contributed by atoms with Crippen molar-refractivity contribution in [3.63, 3.8) is 0 Å². The molecule has 1 atom stereocenters. The monoisotopic (exact) mass is 239 g/mol. The van der Waals surface area contributed by atoms with Gasteiger partial charge in [-0.3, -0.25) is 4.79 Å². The Hall–Kier alpha value is -0.840. The van der Waals surface area contributed by atoms with E-state index in [2.05, 4.69) is 17.2 Å². The Kier molecular flexibility index (Phi) is 3.98. The zero-order valence-corrected chi connectivity index (χ0v) is 10.4. The molecule has 1 unspecified atom stereocenters. The average molecular weight is 239 g/mol. The van der Waals surface area contributed by atoms with Crippen molar-refractivity contribution < 1.29 is 4.79 Å². The Morgan fingerprint density at radius 3 is 3.19 bits per heavy atom. The van der Waals surface area contributed by atoms with Crippen LogP contribution in [-0.2, 0) is 6.54 Å². The molecule has 0 radical (unpaired) electrons. The summed E-state index contributed by atoms with van der Waals surface area (Å²) in [5, 5.41) is 7.93. The second-order valence-electron chi connectivity index (χ2n) is 4.06. The summed E-state index contributed by atoms with van der Waals surface area (Å²) in [6.45, 7) is 2.85. The molecule has 1 aliphatic rings. The topological polar surface area (TPSA) is 47.8 Å². The van der Waals surface area contributed by atoms with Crippen LogP contribution < -0.4 is 0 Å². The molecular weight excluding hydrogens is 222 g/mol. The van der Waals surface area contributed by atoms with E-state index in [-0.39, 0.29) is 11.0 Å². The molecule has 5 heteroatoms. The molecule has 88 valence electrons. The molecule has 1 saturated heterocycles. The van der Waals surface area contributed by atoms with Gasteiger partial charge < -0.3 is 0 Å². The highest BCUT2D eigenvalue weighted by Crippen LogP contribution is 2.27. The van der Waals surface area contributed by atoms with E-state index in [1.54, 1.807) is 22.6 Å². The fourth-order valence-corrected chi connectivity index (χ4v) is 3.20. The van der Waals surface area contributed by atoms with Crippen molar-refractivity contribution in [2.45, 2.75) is 44.4 Å². The second kappa shape index (κ2) is 5.48. The van der Waals surface area contributed by atoms with Crippen LogP contribution in [0.2, 0.25) is 0 Å². The van der Waals surface area contributed by atoms with E-state index in [0.717, 1.165) is 25.1 Å². The fourth-order valence-electron chi connectivity index (χ4n) is 1.94. The maximum atomic E-state index is 12.2. The predicted octanol–water partition coefficient (Wildman–Crippen LogP) is 2.16. The minimum Gasteiger partial charge on any atom is -0.291 e. The molecule has 2 rings (SSSR count). The molecule has 0 spiro atoms. The van der Waals surface area contributed by atoms with Crippen LogP contribution in [0.3, 0.4) is 0 Å². The SMILES string of the molecule is CCCn1nncc1C(=O)C1CCCCS1. The summed E-state index contributed by atoms with van der Waals surface area (Å²) in [6, 6.07) is 0. The molecule has 1 aromatic heterocycles. The third-order valence-corrected chi connectivity index (χ3v) is 4.15. The smallest absolute Gasteiger partial charge is 0.195 e. The number of rotatable bonds is 4. The quantitative estimate of drug-likeness (QED) is 0.755. The Morgan fingerprint density at radius 1 is 1.62 bits per heavy atom. The third-order valence-electron chi connectivity index (χ3n) is 2.78. The first kappa shape index (κ1) is 11.6. The molecule has 0 bridgehead atoms. The van der Waals surface area contributed by atoms with Gasteiger partial charge in [0.25, 0.3) is 0 Å². The van der Waals surface area contributed by atoms with Crippen molar-refractivity contribution in [1.82, 2.24) is 15.0 Å². The maximum Gasteiger partial charge on any atom is 0.195 e. The molecule has 0 aliphatic carbocycles. The first-order valence-corrected chi connectivity index (χ1v) is 6.92. The minimum absolute atomic E-state index is 0.128. The largest absolute Gasteiger partial charge is 0.291 e. The van der Waals surface area contributed by atoms with Crippen LogP contribution in [0.5, 0.6) is 0 Å². The average Bonchev–Trinajstić information content (AvgIpc) is 2.78.